The standard InChI is InChI=1S/C12H12N2.In.3H/c13-11-5-1-9(2-6-11)10-3-7-12(14)8-4-10;;;;/h1-8H,13-14H2;;;;. The molecule has 3 heteroatoms. The van der Waals surface area contributed by atoms with Crippen molar-refractivity contribution in [2.24, 2.45) is 0 Å². The predicted octanol–water partition coefficient (Wildman–Crippen LogP) is 1.33. The third-order valence-electron chi connectivity index (χ3n) is 2.15. The Bertz CT molecular complexity index is 377. The van der Waals surface area contributed by atoms with E-state index < -0.39 is 0 Å². The van der Waals surface area contributed by atoms with Gasteiger partial charge in [0.05, 0.1) is 0 Å². The number of benzene rings is 2. The van der Waals surface area contributed by atoms with Crippen molar-refractivity contribution in [1.29, 1.82) is 0 Å². The molecule has 2 rings (SSSR count). The van der Waals surface area contributed by atoms with Crippen LogP contribution in [0.1, 0.15) is 0 Å². The van der Waals surface area contributed by atoms with Gasteiger partial charge in [-0.3, -0.25) is 0 Å². The first-order valence-corrected chi connectivity index (χ1v) is 4.47. The number of hydrogen-bond donors (Lipinski definition) is 2. The first-order valence-electron chi connectivity index (χ1n) is 4.47. The Hall–Kier alpha value is -1.09. The molecular formula is C12H15InN2. The molecule has 0 spiro atoms. The number of anilines is 2. The molecule has 0 bridgehead atoms. The fourth-order valence-corrected chi connectivity index (χ4v) is 1.35. The summed E-state index contributed by atoms with van der Waals surface area (Å²) in [5.74, 6) is 0. The van der Waals surface area contributed by atoms with Gasteiger partial charge in [0.25, 0.3) is 0 Å². The summed E-state index contributed by atoms with van der Waals surface area (Å²) in [5, 5.41) is 0. The van der Waals surface area contributed by atoms with Crippen LogP contribution in [-0.2, 0) is 0 Å². The van der Waals surface area contributed by atoms with Crippen molar-refractivity contribution in [3.63, 3.8) is 0 Å². The predicted molar refractivity (Wildman–Crippen MR) is 70.6 cm³/mol. The Morgan fingerprint density at radius 3 is 1.07 bits per heavy atom. The Morgan fingerprint density at radius 2 is 0.800 bits per heavy atom. The molecule has 4 N–H and O–H groups in total. The van der Waals surface area contributed by atoms with Crippen molar-refractivity contribution in [1.82, 2.24) is 0 Å². The van der Waals surface area contributed by atoms with Gasteiger partial charge in [0.2, 0.25) is 0 Å². The first kappa shape index (κ1) is 12.0. The van der Waals surface area contributed by atoms with Gasteiger partial charge in [-0.15, -0.1) is 0 Å². The second-order valence-corrected chi connectivity index (χ2v) is 3.24. The third-order valence-corrected chi connectivity index (χ3v) is 2.15. The van der Waals surface area contributed by atoms with E-state index in [1.165, 1.54) is 0 Å². The van der Waals surface area contributed by atoms with Gasteiger partial charge in [-0.05, 0) is 35.4 Å². The number of rotatable bonds is 1. The van der Waals surface area contributed by atoms with Crippen LogP contribution in [-0.4, -0.2) is 25.8 Å². The molecule has 2 aromatic carbocycles. The topological polar surface area (TPSA) is 52.0 Å². The molecule has 0 unspecified atom stereocenters. The summed E-state index contributed by atoms with van der Waals surface area (Å²) in [5.41, 5.74) is 15.1. The van der Waals surface area contributed by atoms with Crippen LogP contribution in [0.5, 0.6) is 0 Å². The van der Waals surface area contributed by atoms with E-state index in [-0.39, 0.29) is 25.8 Å². The average Bonchev–Trinajstić information content (AvgIpc) is 2.21. The monoisotopic (exact) mass is 302 g/mol. The van der Waals surface area contributed by atoms with Crippen molar-refractivity contribution < 1.29 is 0 Å². The molecule has 0 amide bonds. The normalized spacial score (nSPS) is 9.33. The van der Waals surface area contributed by atoms with Gasteiger partial charge in [0, 0.05) is 11.4 Å². The molecule has 0 heterocycles. The first-order chi connectivity index (χ1) is 6.75. The van der Waals surface area contributed by atoms with Crippen LogP contribution in [0.15, 0.2) is 48.5 Å². The van der Waals surface area contributed by atoms with Crippen LogP contribution in [0.25, 0.3) is 11.1 Å². The van der Waals surface area contributed by atoms with Crippen LogP contribution >= 0.6 is 0 Å². The molecular weight excluding hydrogens is 287 g/mol. The van der Waals surface area contributed by atoms with E-state index in [4.69, 9.17) is 11.5 Å². The molecule has 76 valence electrons. The number of nitrogen functional groups attached to an aromatic ring is 2. The van der Waals surface area contributed by atoms with Crippen molar-refractivity contribution in [3.05, 3.63) is 48.5 Å². The Labute approximate surface area is 108 Å². The molecule has 0 aliphatic rings. The van der Waals surface area contributed by atoms with Crippen molar-refractivity contribution in [3.8, 4) is 11.1 Å². The summed E-state index contributed by atoms with van der Waals surface area (Å²) in [7, 11) is 0. The van der Waals surface area contributed by atoms with Crippen molar-refractivity contribution in [2.75, 3.05) is 11.5 Å². The molecule has 2 nitrogen and oxygen atoms in total. The van der Waals surface area contributed by atoms with Crippen LogP contribution in [0.3, 0.4) is 0 Å². The zero-order chi connectivity index (χ0) is 9.97. The molecule has 0 radical (unpaired) electrons. The van der Waals surface area contributed by atoms with Gasteiger partial charge in [-0.25, -0.2) is 0 Å². The second-order valence-electron chi connectivity index (χ2n) is 3.24. The van der Waals surface area contributed by atoms with Crippen molar-refractivity contribution >= 4 is 37.2 Å². The van der Waals surface area contributed by atoms with E-state index in [2.05, 4.69) is 0 Å². The van der Waals surface area contributed by atoms with Crippen LogP contribution < -0.4 is 11.5 Å². The van der Waals surface area contributed by atoms with E-state index in [1.807, 2.05) is 48.5 Å². The Balaban J connectivity index is 0.00000112. The SMILES string of the molecule is Nc1ccc(-c2ccc(N)cc2)cc1.[InH3]. The van der Waals surface area contributed by atoms with E-state index in [0.717, 1.165) is 22.5 Å². The van der Waals surface area contributed by atoms with Gasteiger partial charge < -0.3 is 11.5 Å². The van der Waals surface area contributed by atoms with E-state index in [1.54, 1.807) is 0 Å². The van der Waals surface area contributed by atoms with Crippen LogP contribution in [0.4, 0.5) is 11.4 Å². The minimum absolute atomic E-state index is 0. The zero-order valence-electron chi connectivity index (χ0n) is 7.77. The fraction of sp³-hybridized carbons (Fsp3) is 0. The quantitative estimate of drug-likeness (QED) is 0.781. The van der Waals surface area contributed by atoms with Gasteiger partial charge in [0.1, 0.15) is 0 Å². The van der Waals surface area contributed by atoms with Gasteiger partial charge >= 0.3 is 25.8 Å². The number of nitrogens with two attached hydrogens (primary N) is 2. The summed E-state index contributed by atoms with van der Waals surface area (Å²) >= 11 is 0. The summed E-state index contributed by atoms with van der Waals surface area (Å²) in [6.07, 6.45) is 0. The molecule has 0 saturated heterocycles. The van der Waals surface area contributed by atoms with E-state index in [0.29, 0.717) is 0 Å². The summed E-state index contributed by atoms with van der Waals surface area (Å²) in [6, 6.07) is 15.6. The van der Waals surface area contributed by atoms with E-state index >= 15 is 0 Å². The molecule has 2 aromatic rings. The van der Waals surface area contributed by atoms with Gasteiger partial charge in [-0.2, -0.15) is 0 Å². The summed E-state index contributed by atoms with van der Waals surface area (Å²) in [6.45, 7) is 0. The molecule has 0 aromatic heterocycles. The van der Waals surface area contributed by atoms with Crippen LogP contribution in [0, 0.1) is 0 Å². The second kappa shape index (κ2) is 5.12. The zero-order valence-corrected chi connectivity index (χ0v) is 7.77. The van der Waals surface area contributed by atoms with Crippen LogP contribution in [0.2, 0.25) is 0 Å². The minimum atomic E-state index is 0. The van der Waals surface area contributed by atoms with E-state index in [9.17, 15) is 0 Å². The molecule has 15 heavy (non-hydrogen) atoms. The molecule has 0 aliphatic carbocycles. The van der Waals surface area contributed by atoms with Gasteiger partial charge in [0.15, 0.2) is 0 Å². The van der Waals surface area contributed by atoms with Crippen molar-refractivity contribution in [2.45, 2.75) is 0 Å². The molecule has 0 aliphatic heterocycles. The maximum absolute atomic E-state index is 5.61. The summed E-state index contributed by atoms with van der Waals surface area (Å²) < 4.78 is 0. The fourth-order valence-electron chi connectivity index (χ4n) is 1.35. The molecule has 0 saturated carbocycles. The number of hydrogen-bond acceptors (Lipinski definition) is 2. The molecule has 0 atom stereocenters. The summed E-state index contributed by atoms with van der Waals surface area (Å²) in [4.78, 5) is 0. The molecule has 0 fully saturated rings. The third kappa shape index (κ3) is 2.93. The Morgan fingerprint density at radius 1 is 0.533 bits per heavy atom. The Kier molecular flexibility index (Phi) is 4.09. The van der Waals surface area contributed by atoms with Gasteiger partial charge in [-0.1, -0.05) is 24.3 Å². The average molecular weight is 302 g/mol. The maximum atomic E-state index is 5.61.